The Bertz CT molecular complexity index is 863. The van der Waals surface area contributed by atoms with Crippen molar-refractivity contribution in [3.8, 4) is 0 Å². The molecule has 6 heteroatoms. The lowest BCUT2D eigenvalue weighted by atomic mass is 9.82. The van der Waals surface area contributed by atoms with E-state index in [0.717, 1.165) is 55.8 Å². The SMILES string of the molecule is CN1CCN(CCC2C(=O)NC(c3ccc(Cl)c(N)c3)c3ccccc32)CC1. The summed E-state index contributed by atoms with van der Waals surface area (Å²) < 4.78 is 0. The maximum absolute atomic E-state index is 13.0. The van der Waals surface area contributed by atoms with Gasteiger partial charge in [-0.25, -0.2) is 0 Å². The number of hydrogen-bond donors (Lipinski definition) is 2. The number of carbonyl (C=O) groups is 1. The van der Waals surface area contributed by atoms with Gasteiger partial charge in [-0.1, -0.05) is 41.9 Å². The van der Waals surface area contributed by atoms with Crippen molar-refractivity contribution in [3.05, 3.63) is 64.2 Å². The number of anilines is 1. The highest BCUT2D eigenvalue weighted by Gasteiger charge is 2.34. The minimum Gasteiger partial charge on any atom is -0.398 e. The van der Waals surface area contributed by atoms with Crippen molar-refractivity contribution < 1.29 is 4.79 Å². The van der Waals surface area contributed by atoms with Gasteiger partial charge in [-0.3, -0.25) is 4.79 Å². The van der Waals surface area contributed by atoms with E-state index in [4.69, 9.17) is 17.3 Å². The molecule has 5 nitrogen and oxygen atoms in total. The molecule has 2 aromatic rings. The predicted octanol–water partition coefficient (Wildman–Crippen LogP) is 2.86. The van der Waals surface area contributed by atoms with E-state index in [1.165, 1.54) is 0 Å². The van der Waals surface area contributed by atoms with Crippen LogP contribution in [-0.2, 0) is 4.79 Å². The van der Waals surface area contributed by atoms with Gasteiger partial charge in [0.2, 0.25) is 5.91 Å². The van der Waals surface area contributed by atoms with E-state index >= 15 is 0 Å². The highest BCUT2D eigenvalue weighted by molar-refractivity contribution is 6.33. The van der Waals surface area contributed by atoms with Gasteiger partial charge in [0.15, 0.2) is 0 Å². The zero-order valence-corrected chi connectivity index (χ0v) is 17.0. The Morgan fingerprint density at radius 2 is 1.82 bits per heavy atom. The molecule has 2 aliphatic heterocycles. The number of nitrogens with two attached hydrogens (primary N) is 1. The molecule has 2 unspecified atom stereocenters. The fourth-order valence-electron chi connectivity index (χ4n) is 4.23. The van der Waals surface area contributed by atoms with Crippen LogP contribution in [-0.4, -0.2) is 55.5 Å². The van der Waals surface area contributed by atoms with E-state index in [9.17, 15) is 4.79 Å². The molecular weight excluding hydrogens is 372 g/mol. The Balaban J connectivity index is 1.56. The third kappa shape index (κ3) is 3.88. The number of likely N-dealkylation sites (N-methyl/N-ethyl adjacent to an activating group) is 1. The molecule has 3 N–H and O–H groups in total. The van der Waals surface area contributed by atoms with E-state index < -0.39 is 0 Å². The number of nitrogen functional groups attached to an aromatic ring is 1. The molecule has 2 atom stereocenters. The Morgan fingerprint density at radius 3 is 2.54 bits per heavy atom. The molecule has 0 aromatic heterocycles. The molecule has 1 fully saturated rings. The van der Waals surface area contributed by atoms with Crippen molar-refractivity contribution in [2.45, 2.75) is 18.4 Å². The van der Waals surface area contributed by atoms with E-state index in [0.29, 0.717) is 10.7 Å². The molecule has 0 aliphatic carbocycles. The minimum atomic E-state index is -0.192. The maximum atomic E-state index is 13.0. The lowest BCUT2D eigenvalue weighted by molar-refractivity contribution is -0.124. The zero-order valence-electron chi connectivity index (χ0n) is 16.2. The van der Waals surface area contributed by atoms with Crippen LogP contribution in [0.4, 0.5) is 5.69 Å². The number of rotatable bonds is 4. The molecule has 0 bridgehead atoms. The second-order valence-electron chi connectivity index (χ2n) is 7.84. The Labute approximate surface area is 171 Å². The normalized spacial score (nSPS) is 23.3. The van der Waals surface area contributed by atoms with E-state index in [-0.39, 0.29) is 17.9 Å². The standard InChI is InChI=1S/C22H27ClN4O/c1-26-10-12-27(13-11-26)9-8-18-16-4-2-3-5-17(16)21(25-22(18)28)15-6-7-19(23)20(24)14-15/h2-7,14,18,21H,8-13,24H2,1H3,(H,25,28). The third-order valence-corrected chi connectivity index (χ3v) is 6.31. The predicted molar refractivity (Wildman–Crippen MR) is 114 cm³/mol. The number of hydrogen-bond acceptors (Lipinski definition) is 4. The summed E-state index contributed by atoms with van der Waals surface area (Å²) >= 11 is 6.08. The minimum absolute atomic E-state index is 0.0892. The monoisotopic (exact) mass is 398 g/mol. The molecule has 0 spiro atoms. The lowest BCUT2D eigenvalue weighted by Gasteiger charge is -2.35. The topological polar surface area (TPSA) is 61.6 Å². The second-order valence-corrected chi connectivity index (χ2v) is 8.24. The van der Waals surface area contributed by atoms with Gasteiger partial charge < -0.3 is 20.9 Å². The molecule has 4 rings (SSSR count). The summed E-state index contributed by atoms with van der Waals surface area (Å²) in [5.41, 5.74) is 9.75. The largest absolute Gasteiger partial charge is 0.398 e. The van der Waals surface area contributed by atoms with Gasteiger partial charge >= 0.3 is 0 Å². The van der Waals surface area contributed by atoms with Gasteiger partial charge in [0, 0.05) is 26.2 Å². The first kappa shape index (κ1) is 19.2. The average Bonchev–Trinajstić information content (AvgIpc) is 2.70. The van der Waals surface area contributed by atoms with Crippen molar-refractivity contribution in [1.82, 2.24) is 15.1 Å². The van der Waals surface area contributed by atoms with Gasteiger partial charge in [-0.05, 0) is 48.8 Å². The summed E-state index contributed by atoms with van der Waals surface area (Å²) in [6, 6.07) is 13.6. The van der Waals surface area contributed by atoms with E-state index in [1.807, 2.05) is 24.3 Å². The van der Waals surface area contributed by atoms with Crippen molar-refractivity contribution >= 4 is 23.2 Å². The Hall–Kier alpha value is -2.08. The van der Waals surface area contributed by atoms with Crippen LogP contribution >= 0.6 is 11.6 Å². The molecule has 0 radical (unpaired) electrons. The number of carbonyl (C=O) groups excluding carboxylic acids is 1. The zero-order chi connectivity index (χ0) is 19.7. The van der Waals surface area contributed by atoms with Crippen LogP contribution in [0.5, 0.6) is 0 Å². The van der Waals surface area contributed by atoms with Gasteiger partial charge in [0.05, 0.1) is 22.7 Å². The summed E-state index contributed by atoms with van der Waals surface area (Å²) in [6.45, 7) is 5.26. The van der Waals surface area contributed by atoms with Crippen LogP contribution < -0.4 is 11.1 Å². The highest BCUT2D eigenvalue weighted by Crippen LogP contribution is 2.37. The number of halogens is 1. The molecule has 148 valence electrons. The quantitative estimate of drug-likeness (QED) is 0.777. The summed E-state index contributed by atoms with van der Waals surface area (Å²) in [5.74, 6) is -0.0249. The number of nitrogens with one attached hydrogen (secondary N) is 1. The van der Waals surface area contributed by atoms with Crippen molar-refractivity contribution in [2.24, 2.45) is 0 Å². The lowest BCUT2D eigenvalue weighted by Crippen LogP contribution is -2.46. The molecule has 28 heavy (non-hydrogen) atoms. The number of nitrogens with zero attached hydrogens (tertiary/aromatic N) is 2. The Kier molecular flexibility index (Phi) is 5.58. The first-order valence-electron chi connectivity index (χ1n) is 9.88. The molecule has 2 aliphatic rings. The van der Waals surface area contributed by atoms with Crippen LogP contribution in [0.25, 0.3) is 0 Å². The molecule has 2 aromatic carbocycles. The second kappa shape index (κ2) is 8.11. The summed E-state index contributed by atoms with van der Waals surface area (Å²) in [6.07, 6.45) is 0.835. The summed E-state index contributed by atoms with van der Waals surface area (Å²) in [7, 11) is 2.16. The van der Waals surface area contributed by atoms with Crippen LogP contribution in [0.15, 0.2) is 42.5 Å². The van der Waals surface area contributed by atoms with Gasteiger partial charge in [0.25, 0.3) is 0 Å². The maximum Gasteiger partial charge on any atom is 0.228 e. The fourth-order valence-corrected chi connectivity index (χ4v) is 4.34. The molecule has 2 heterocycles. The van der Waals surface area contributed by atoms with Crippen molar-refractivity contribution in [3.63, 3.8) is 0 Å². The van der Waals surface area contributed by atoms with Crippen LogP contribution in [0, 0.1) is 0 Å². The number of fused-ring (bicyclic) bond motifs is 1. The van der Waals surface area contributed by atoms with E-state index in [2.05, 4.69) is 34.3 Å². The number of piperazine rings is 1. The summed E-state index contributed by atoms with van der Waals surface area (Å²) in [4.78, 5) is 17.8. The number of amides is 1. The van der Waals surface area contributed by atoms with Crippen molar-refractivity contribution in [2.75, 3.05) is 45.5 Å². The number of benzene rings is 2. The molecular formula is C22H27ClN4O. The van der Waals surface area contributed by atoms with Crippen molar-refractivity contribution in [1.29, 1.82) is 0 Å². The third-order valence-electron chi connectivity index (χ3n) is 5.97. The first-order valence-corrected chi connectivity index (χ1v) is 10.3. The Morgan fingerprint density at radius 1 is 1.11 bits per heavy atom. The van der Waals surface area contributed by atoms with Gasteiger partial charge in [-0.2, -0.15) is 0 Å². The van der Waals surface area contributed by atoms with E-state index in [1.54, 1.807) is 6.07 Å². The molecule has 0 saturated carbocycles. The fraction of sp³-hybridized carbons (Fsp3) is 0.409. The van der Waals surface area contributed by atoms with Gasteiger partial charge in [0.1, 0.15) is 0 Å². The molecule has 1 amide bonds. The van der Waals surface area contributed by atoms with Crippen LogP contribution in [0.2, 0.25) is 5.02 Å². The van der Waals surface area contributed by atoms with Crippen LogP contribution in [0.1, 0.15) is 35.1 Å². The smallest absolute Gasteiger partial charge is 0.228 e. The summed E-state index contributed by atoms with van der Waals surface area (Å²) in [5, 5.41) is 3.75. The van der Waals surface area contributed by atoms with Gasteiger partial charge in [-0.15, -0.1) is 0 Å². The highest BCUT2D eigenvalue weighted by atomic mass is 35.5. The average molecular weight is 399 g/mol. The first-order chi connectivity index (χ1) is 13.5. The van der Waals surface area contributed by atoms with Crippen LogP contribution in [0.3, 0.4) is 0 Å². The molecule has 1 saturated heterocycles.